The van der Waals surface area contributed by atoms with Crippen LogP contribution in [0.5, 0.6) is 0 Å². The number of amides is 1. The molecule has 0 saturated heterocycles. The maximum Gasteiger partial charge on any atom is 0.407 e. The second-order valence-electron chi connectivity index (χ2n) is 6.64. The molecule has 7 heteroatoms. The van der Waals surface area contributed by atoms with Crippen LogP contribution in [-0.2, 0) is 4.74 Å². The molecule has 2 N–H and O–H groups in total. The number of carboxylic acid groups (broad SMARTS) is 1. The molecule has 0 aliphatic rings. The van der Waals surface area contributed by atoms with E-state index < -0.39 is 17.7 Å². The number of aromatic carboxylic acids is 1. The number of hydrogen-bond donors (Lipinski definition) is 2. The maximum absolute atomic E-state index is 11.8. The Morgan fingerprint density at radius 2 is 2.00 bits per heavy atom. The van der Waals surface area contributed by atoms with Gasteiger partial charge in [-0.15, -0.1) is 0 Å². The van der Waals surface area contributed by atoms with Crippen molar-refractivity contribution in [2.75, 3.05) is 6.54 Å². The average Bonchev–Trinajstić information content (AvgIpc) is 2.81. The van der Waals surface area contributed by atoms with Crippen molar-refractivity contribution >= 4 is 38.9 Å². The molecule has 0 saturated carbocycles. The van der Waals surface area contributed by atoms with Crippen LogP contribution >= 0.6 is 15.9 Å². The van der Waals surface area contributed by atoms with Gasteiger partial charge in [-0.25, -0.2) is 9.59 Å². The third kappa shape index (κ3) is 4.29. The molecule has 0 fully saturated rings. The first-order valence-electron chi connectivity index (χ1n) is 7.59. The van der Waals surface area contributed by atoms with E-state index in [0.29, 0.717) is 0 Å². The number of rotatable bonds is 4. The number of nitrogens with zero attached hydrogens (tertiary/aromatic N) is 1. The zero-order chi connectivity index (χ0) is 18.1. The smallest absolute Gasteiger partial charge is 0.407 e. The summed E-state index contributed by atoms with van der Waals surface area (Å²) in [4.78, 5) is 23.4. The minimum Gasteiger partial charge on any atom is -0.477 e. The lowest BCUT2D eigenvalue weighted by atomic mass is 10.2. The lowest BCUT2D eigenvalue weighted by Crippen LogP contribution is -2.35. The van der Waals surface area contributed by atoms with Gasteiger partial charge in [-0.05, 0) is 45.9 Å². The molecule has 1 heterocycles. The Morgan fingerprint density at radius 1 is 1.33 bits per heavy atom. The first kappa shape index (κ1) is 18.3. The highest BCUT2D eigenvalue weighted by Gasteiger charge is 2.21. The molecule has 1 aromatic heterocycles. The van der Waals surface area contributed by atoms with Gasteiger partial charge in [0, 0.05) is 22.4 Å². The Morgan fingerprint density at radius 3 is 2.58 bits per heavy atom. The van der Waals surface area contributed by atoms with E-state index in [1.165, 1.54) is 0 Å². The van der Waals surface area contributed by atoms with Crippen molar-refractivity contribution < 1.29 is 19.4 Å². The number of alkyl carbamates (subject to hydrolysis) is 1. The number of nitrogens with one attached hydrogen (secondary N) is 1. The van der Waals surface area contributed by atoms with Gasteiger partial charge in [0.15, 0.2) is 0 Å². The fourth-order valence-electron chi connectivity index (χ4n) is 2.47. The summed E-state index contributed by atoms with van der Waals surface area (Å²) < 4.78 is 7.77. The van der Waals surface area contributed by atoms with Crippen molar-refractivity contribution in [1.29, 1.82) is 0 Å². The zero-order valence-corrected chi connectivity index (χ0v) is 15.7. The van der Waals surface area contributed by atoms with Gasteiger partial charge in [0.2, 0.25) is 0 Å². The van der Waals surface area contributed by atoms with Gasteiger partial charge in [-0.2, -0.15) is 0 Å². The third-order valence-electron chi connectivity index (χ3n) is 3.40. The summed E-state index contributed by atoms with van der Waals surface area (Å²) in [6, 6.07) is 6.97. The van der Waals surface area contributed by atoms with E-state index in [-0.39, 0.29) is 18.3 Å². The second kappa shape index (κ2) is 6.84. The summed E-state index contributed by atoms with van der Waals surface area (Å²) in [6.45, 7) is 7.47. The highest BCUT2D eigenvalue weighted by molar-refractivity contribution is 9.10. The van der Waals surface area contributed by atoms with Gasteiger partial charge >= 0.3 is 12.1 Å². The van der Waals surface area contributed by atoms with E-state index in [1.807, 2.05) is 25.1 Å². The van der Waals surface area contributed by atoms with Gasteiger partial charge in [-0.1, -0.05) is 22.0 Å². The van der Waals surface area contributed by atoms with E-state index in [2.05, 4.69) is 21.2 Å². The maximum atomic E-state index is 11.8. The van der Waals surface area contributed by atoms with E-state index in [0.717, 1.165) is 15.4 Å². The summed E-state index contributed by atoms with van der Waals surface area (Å²) in [5, 5.41) is 13.0. The van der Waals surface area contributed by atoms with Gasteiger partial charge in [0.05, 0.1) is 5.52 Å². The van der Waals surface area contributed by atoms with E-state index in [9.17, 15) is 14.7 Å². The molecule has 2 rings (SSSR count). The van der Waals surface area contributed by atoms with E-state index in [4.69, 9.17) is 4.74 Å². The Kier molecular flexibility index (Phi) is 5.22. The number of carboxylic acids is 1. The van der Waals surface area contributed by atoms with Crippen LogP contribution in [0.1, 0.15) is 44.2 Å². The molecule has 130 valence electrons. The quantitative estimate of drug-likeness (QED) is 0.811. The Hall–Kier alpha value is -2.02. The van der Waals surface area contributed by atoms with Gasteiger partial charge in [-0.3, -0.25) is 0 Å². The summed E-state index contributed by atoms with van der Waals surface area (Å²) in [5.41, 5.74) is 0.395. The monoisotopic (exact) mass is 396 g/mol. The molecular weight excluding hydrogens is 376 g/mol. The predicted molar refractivity (Wildman–Crippen MR) is 95.5 cm³/mol. The number of hydrogen-bond acceptors (Lipinski definition) is 3. The number of carbonyl (C=O) groups excluding carboxylic acids is 1. The number of aromatic nitrogens is 1. The van der Waals surface area contributed by atoms with Crippen molar-refractivity contribution in [3.8, 4) is 0 Å². The van der Waals surface area contributed by atoms with Crippen LogP contribution in [0.15, 0.2) is 28.7 Å². The number of carbonyl (C=O) groups is 2. The molecule has 2 aromatic rings. The van der Waals surface area contributed by atoms with Crippen LogP contribution < -0.4 is 5.32 Å². The van der Waals surface area contributed by atoms with Crippen LogP contribution in [0, 0.1) is 0 Å². The van der Waals surface area contributed by atoms with Crippen LogP contribution in [0.3, 0.4) is 0 Å². The molecule has 0 radical (unpaired) electrons. The summed E-state index contributed by atoms with van der Waals surface area (Å²) in [7, 11) is 0. The summed E-state index contributed by atoms with van der Waals surface area (Å²) in [5.74, 6) is -1.01. The molecule has 1 aromatic carbocycles. The number of ether oxygens (including phenoxy) is 1. The molecular formula is C17H21BrN2O4. The fraction of sp³-hybridized carbons (Fsp3) is 0.412. The van der Waals surface area contributed by atoms with Crippen molar-refractivity contribution in [1.82, 2.24) is 9.88 Å². The highest BCUT2D eigenvalue weighted by atomic mass is 79.9. The fourth-order valence-corrected chi connectivity index (χ4v) is 2.82. The van der Waals surface area contributed by atoms with Crippen LogP contribution in [0.2, 0.25) is 0 Å². The van der Waals surface area contributed by atoms with Crippen molar-refractivity contribution in [2.24, 2.45) is 0 Å². The number of benzene rings is 1. The third-order valence-corrected chi connectivity index (χ3v) is 3.90. The minimum absolute atomic E-state index is 0.182. The molecule has 0 aliphatic heterocycles. The molecule has 1 atom stereocenters. The Labute approximate surface area is 148 Å². The first-order chi connectivity index (χ1) is 11.1. The topological polar surface area (TPSA) is 80.6 Å². The minimum atomic E-state index is -1.01. The van der Waals surface area contributed by atoms with Gasteiger partial charge < -0.3 is 19.7 Å². The molecule has 0 spiro atoms. The SMILES string of the molecule is C[C@H](CNC(=O)OC(C)(C)C)n1c(C(=O)O)cc2ccc(Br)cc21. The lowest BCUT2D eigenvalue weighted by molar-refractivity contribution is 0.0521. The van der Waals surface area contributed by atoms with Crippen LogP contribution in [0.25, 0.3) is 10.9 Å². The van der Waals surface area contributed by atoms with Crippen LogP contribution in [-0.4, -0.2) is 33.9 Å². The molecule has 24 heavy (non-hydrogen) atoms. The molecule has 1 amide bonds. The van der Waals surface area contributed by atoms with E-state index >= 15 is 0 Å². The lowest BCUT2D eigenvalue weighted by Gasteiger charge is -2.22. The zero-order valence-electron chi connectivity index (χ0n) is 14.1. The Balaban J connectivity index is 2.26. The number of halogens is 1. The molecule has 0 aliphatic carbocycles. The Bertz CT molecular complexity index is 777. The highest BCUT2D eigenvalue weighted by Crippen LogP contribution is 2.27. The van der Waals surface area contributed by atoms with Gasteiger partial charge in [0.25, 0.3) is 0 Å². The first-order valence-corrected chi connectivity index (χ1v) is 8.38. The summed E-state index contributed by atoms with van der Waals surface area (Å²) >= 11 is 3.41. The normalized spacial score (nSPS) is 12.9. The molecule has 6 nitrogen and oxygen atoms in total. The van der Waals surface area contributed by atoms with Crippen LogP contribution in [0.4, 0.5) is 4.79 Å². The average molecular weight is 397 g/mol. The molecule has 0 unspecified atom stereocenters. The molecule has 0 bridgehead atoms. The second-order valence-corrected chi connectivity index (χ2v) is 7.56. The van der Waals surface area contributed by atoms with E-state index in [1.54, 1.807) is 31.4 Å². The van der Waals surface area contributed by atoms with Crippen molar-refractivity contribution in [3.63, 3.8) is 0 Å². The standard InChI is InChI=1S/C17H21BrN2O4/c1-10(9-19-16(23)24-17(2,3)4)20-13-8-12(18)6-5-11(13)7-14(20)15(21)22/h5-8,10H,9H2,1-4H3,(H,19,23)(H,21,22)/t10-/m1/s1. The predicted octanol–water partition coefficient (Wildman–Crippen LogP) is 4.19. The van der Waals surface area contributed by atoms with Crippen molar-refractivity contribution in [2.45, 2.75) is 39.3 Å². The largest absolute Gasteiger partial charge is 0.477 e. The van der Waals surface area contributed by atoms with Gasteiger partial charge in [0.1, 0.15) is 11.3 Å². The number of fused-ring (bicyclic) bond motifs is 1. The van der Waals surface area contributed by atoms with Crippen molar-refractivity contribution in [3.05, 3.63) is 34.4 Å². The summed E-state index contributed by atoms with van der Waals surface area (Å²) in [6.07, 6.45) is -0.524.